The number of aryl methyl sites for hydroxylation is 1. The maximum Gasteiger partial charge on any atom is 0.417 e. The number of ether oxygens (including phenoxy) is 3. The van der Waals surface area contributed by atoms with E-state index in [0.717, 1.165) is 49.9 Å². The third kappa shape index (κ3) is 12.2. The Morgan fingerprint density at radius 3 is 2.25 bits per heavy atom. The first-order valence-corrected chi connectivity index (χ1v) is 25.1. The molecule has 0 bridgehead atoms. The van der Waals surface area contributed by atoms with Gasteiger partial charge in [0.25, 0.3) is 5.91 Å². The Bertz CT molecular complexity index is 2900. The number of hydrogen-bond acceptors (Lipinski definition) is 11. The standard InChI is InChI=1S/C54H58F3N7O7S2/c1-33-46(73-32-60-33)36-14-12-34(13-15-36)30-59-48(66)42-11-10-24-62(42)49(67)47(52(2,3)4)61-45(65)31-70-25-8-9-26-71-43-23-19-37(27-44(43)69-7)35-16-20-39(21-17-35)64-51(72)63(50(68)53(64,5)6)40-22-18-38(29-58)41(28-40)54(55,56)57/h12-23,27-28,32,42,47H,8-11,24-26,30-31H2,1-7H3,(H,59,66)(H,61,65)/t42-,47+/m0/s1. The molecule has 0 aliphatic carbocycles. The van der Waals surface area contributed by atoms with Crippen LogP contribution in [0.4, 0.5) is 24.5 Å². The molecule has 2 N–H and O–H groups in total. The van der Waals surface area contributed by atoms with Crippen molar-refractivity contribution in [2.45, 2.75) is 97.6 Å². The molecule has 19 heteroatoms. The average molecular weight is 1040 g/mol. The monoisotopic (exact) mass is 1040 g/mol. The summed E-state index contributed by atoms with van der Waals surface area (Å²) in [6, 6.07) is 23.8. The summed E-state index contributed by atoms with van der Waals surface area (Å²) in [4.78, 5) is 63.9. The first-order chi connectivity index (χ1) is 34.6. The highest BCUT2D eigenvalue weighted by atomic mass is 32.1. The van der Waals surface area contributed by atoms with Crippen molar-refractivity contribution >= 4 is 63.7 Å². The Labute approximate surface area is 432 Å². The highest BCUT2D eigenvalue weighted by molar-refractivity contribution is 7.81. The quantitative estimate of drug-likeness (QED) is 0.0634. The van der Waals surface area contributed by atoms with Crippen LogP contribution in [0.25, 0.3) is 21.6 Å². The smallest absolute Gasteiger partial charge is 0.417 e. The predicted octanol–water partition coefficient (Wildman–Crippen LogP) is 9.62. The SMILES string of the molecule is COc1cc(-c2ccc(N3C(=S)N(c4ccc(C#N)c(C(F)(F)F)c4)C(=O)C3(C)C)cc2)ccc1OCCCCOCC(=O)N[C@H](C(=O)N1CCC[C@H]1C(=O)NCc1ccc(-c2scnc2C)cc1)C(C)(C)C. The van der Waals surface area contributed by atoms with E-state index in [-0.39, 0.29) is 35.8 Å². The molecule has 5 aromatic rings. The molecule has 73 heavy (non-hydrogen) atoms. The summed E-state index contributed by atoms with van der Waals surface area (Å²) in [6.07, 6.45) is -2.41. The van der Waals surface area contributed by atoms with Crippen LogP contribution in [0.15, 0.2) is 90.4 Å². The van der Waals surface area contributed by atoms with Gasteiger partial charge in [-0.25, -0.2) is 4.98 Å². The number of halogens is 3. The van der Waals surface area contributed by atoms with Gasteiger partial charge in [-0.15, -0.1) is 11.3 Å². The van der Waals surface area contributed by atoms with E-state index in [9.17, 15) is 37.6 Å². The molecule has 14 nitrogen and oxygen atoms in total. The maximum absolute atomic E-state index is 14.0. The maximum atomic E-state index is 14.0. The number of anilines is 2. The number of nitriles is 1. The molecule has 0 spiro atoms. The topological polar surface area (TPSA) is 166 Å². The van der Waals surface area contributed by atoms with E-state index in [1.807, 2.05) is 81.7 Å². The number of carbonyl (C=O) groups excluding carboxylic acids is 4. The van der Waals surface area contributed by atoms with Crippen molar-refractivity contribution in [3.8, 4) is 39.1 Å². The van der Waals surface area contributed by atoms with Gasteiger partial charge in [-0.3, -0.25) is 24.1 Å². The number of unbranched alkanes of at least 4 members (excludes halogenated alkanes) is 1. The predicted molar refractivity (Wildman–Crippen MR) is 277 cm³/mol. The molecule has 2 fully saturated rings. The molecule has 4 aromatic carbocycles. The van der Waals surface area contributed by atoms with Crippen LogP contribution < -0.4 is 29.9 Å². The van der Waals surface area contributed by atoms with Gasteiger partial charge in [-0.1, -0.05) is 63.2 Å². The van der Waals surface area contributed by atoms with Crippen molar-refractivity contribution in [2.75, 3.05) is 43.3 Å². The molecule has 2 aliphatic heterocycles. The number of alkyl halides is 3. The Morgan fingerprint density at radius 1 is 0.932 bits per heavy atom. The van der Waals surface area contributed by atoms with Crippen LogP contribution in [0, 0.1) is 23.7 Å². The van der Waals surface area contributed by atoms with E-state index in [1.165, 1.54) is 13.2 Å². The summed E-state index contributed by atoms with van der Waals surface area (Å²) in [6.45, 7) is 12.0. The van der Waals surface area contributed by atoms with Gasteiger partial charge >= 0.3 is 6.18 Å². The lowest BCUT2D eigenvalue weighted by atomic mass is 9.85. The van der Waals surface area contributed by atoms with Crippen molar-refractivity contribution in [3.05, 3.63) is 113 Å². The summed E-state index contributed by atoms with van der Waals surface area (Å²) >= 11 is 7.27. The fourth-order valence-corrected chi connectivity index (χ4v) is 10.2. The molecular weight excluding hydrogens is 980 g/mol. The number of nitrogens with one attached hydrogen (secondary N) is 2. The van der Waals surface area contributed by atoms with Crippen LogP contribution in [-0.4, -0.2) is 89.7 Å². The first-order valence-electron chi connectivity index (χ1n) is 23.8. The molecule has 7 rings (SSSR count). The van der Waals surface area contributed by atoms with Gasteiger partial charge in [0, 0.05) is 25.4 Å². The van der Waals surface area contributed by atoms with E-state index in [4.69, 9.17) is 26.4 Å². The van der Waals surface area contributed by atoms with E-state index in [2.05, 4.69) is 15.6 Å². The highest BCUT2D eigenvalue weighted by Gasteiger charge is 2.51. The summed E-state index contributed by atoms with van der Waals surface area (Å²) in [7, 11) is 1.53. The fraction of sp³-hybridized carbons (Fsp3) is 0.389. The molecule has 0 radical (unpaired) electrons. The number of thiazole rings is 1. The van der Waals surface area contributed by atoms with Crippen LogP contribution in [0.2, 0.25) is 0 Å². The van der Waals surface area contributed by atoms with Crippen molar-refractivity contribution in [1.29, 1.82) is 5.26 Å². The van der Waals surface area contributed by atoms with E-state index < -0.39 is 52.2 Å². The van der Waals surface area contributed by atoms with Crippen LogP contribution in [-0.2, 0) is 36.6 Å². The zero-order chi connectivity index (χ0) is 52.8. The number of likely N-dealkylation sites (tertiary alicyclic amines) is 1. The minimum Gasteiger partial charge on any atom is -0.493 e. The van der Waals surface area contributed by atoms with Gasteiger partial charge in [0.1, 0.15) is 24.2 Å². The van der Waals surface area contributed by atoms with E-state index in [1.54, 1.807) is 59.3 Å². The number of nitrogens with zero attached hydrogens (tertiary/aromatic N) is 5. The fourth-order valence-electron chi connectivity index (χ4n) is 8.86. The summed E-state index contributed by atoms with van der Waals surface area (Å²) in [5.74, 6) is -0.485. The highest BCUT2D eigenvalue weighted by Crippen LogP contribution is 2.41. The van der Waals surface area contributed by atoms with Crippen LogP contribution in [0.3, 0.4) is 0 Å². The van der Waals surface area contributed by atoms with Crippen LogP contribution in [0.5, 0.6) is 11.5 Å². The normalized spacial score (nSPS) is 16.1. The molecule has 1 aromatic heterocycles. The van der Waals surface area contributed by atoms with Gasteiger partial charge in [0.15, 0.2) is 16.6 Å². The summed E-state index contributed by atoms with van der Waals surface area (Å²) in [5, 5.41) is 15.1. The summed E-state index contributed by atoms with van der Waals surface area (Å²) in [5.41, 5.74) is 3.26. The van der Waals surface area contributed by atoms with Crippen LogP contribution in [0.1, 0.15) is 82.7 Å². The number of aromatic nitrogens is 1. The Morgan fingerprint density at radius 2 is 1.60 bits per heavy atom. The van der Waals surface area contributed by atoms with E-state index in [0.29, 0.717) is 62.6 Å². The molecule has 3 heterocycles. The Hall–Kier alpha value is -6.88. The molecule has 2 aliphatic rings. The van der Waals surface area contributed by atoms with Gasteiger partial charge < -0.3 is 34.6 Å². The number of hydrogen-bond donors (Lipinski definition) is 2. The second-order valence-electron chi connectivity index (χ2n) is 19.4. The minimum atomic E-state index is -4.81. The Kier molecular flexibility index (Phi) is 16.6. The number of benzene rings is 4. The second-order valence-corrected chi connectivity index (χ2v) is 20.6. The number of thiocarbonyl (C=S) groups is 1. The van der Waals surface area contributed by atoms with Crippen LogP contribution >= 0.6 is 23.6 Å². The first kappa shape index (κ1) is 53.9. The molecule has 4 amide bonds. The van der Waals surface area contributed by atoms with Gasteiger partial charge in [0.2, 0.25) is 17.7 Å². The van der Waals surface area contributed by atoms with Gasteiger partial charge in [0.05, 0.1) is 52.7 Å². The molecule has 2 saturated heterocycles. The lowest BCUT2D eigenvalue weighted by molar-refractivity contribution is -0.144. The van der Waals surface area contributed by atoms with Crippen molar-refractivity contribution in [1.82, 2.24) is 20.5 Å². The number of rotatable bonds is 18. The summed E-state index contributed by atoms with van der Waals surface area (Å²) < 4.78 is 58.8. The lowest BCUT2D eigenvalue weighted by Crippen LogP contribution is -2.58. The second kappa shape index (κ2) is 22.5. The van der Waals surface area contributed by atoms with E-state index >= 15 is 0 Å². The van der Waals surface area contributed by atoms with Crippen molar-refractivity contribution in [3.63, 3.8) is 0 Å². The average Bonchev–Trinajstić information content (AvgIpc) is 4.07. The number of amides is 4. The Balaban J connectivity index is 0.860. The van der Waals surface area contributed by atoms with Gasteiger partial charge in [-0.2, -0.15) is 18.4 Å². The number of carbonyl (C=O) groups is 4. The molecule has 384 valence electrons. The third-order valence-electron chi connectivity index (χ3n) is 12.8. The molecule has 2 atom stereocenters. The third-order valence-corrected chi connectivity index (χ3v) is 14.2. The zero-order valence-electron chi connectivity index (χ0n) is 41.7. The largest absolute Gasteiger partial charge is 0.493 e. The van der Waals surface area contributed by atoms with Crippen molar-refractivity contribution < 1.29 is 46.6 Å². The number of methoxy groups -OCH3 is 1. The molecular formula is C54H58F3N7O7S2. The lowest BCUT2D eigenvalue weighted by Gasteiger charge is -2.35. The molecule has 0 saturated carbocycles. The minimum absolute atomic E-state index is 0.00737. The van der Waals surface area contributed by atoms with Crippen molar-refractivity contribution in [2.24, 2.45) is 5.41 Å². The zero-order valence-corrected chi connectivity index (χ0v) is 43.4. The molecule has 0 unspecified atom stereocenters. The van der Waals surface area contributed by atoms with Gasteiger partial charge in [-0.05, 0) is 129 Å².